The van der Waals surface area contributed by atoms with Crippen molar-refractivity contribution in [3.8, 4) is 5.75 Å². The normalized spacial score (nSPS) is 14.6. The number of rotatable bonds is 3. The Morgan fingerprint density at radius 3 is 2.38 bits per heavy atom. The molecule has 0 N–H and O–H groups in total. The molecule has 1 amide bonds. The summed E-state index contributed by atoms with van der Waals surface area (Å²) in [4.78, 5) is 17.0. The predicted molar refractivity (Wildman–Crippen MR) is 97.0 cm³/mol. The molecule has 0 spiro atoms. The molecule has 1 heterocycles. The number of amides is 1. The standard InChI is InChI=1S/C20H24N2O2/c1-15-8-9-18(16(2)14-15)21-10-12-22(13-11-21)20(23)17-6-4-5-7-19(17)24-3/h4-9,14H,10-13H2,1-3H3. The maximum Gasteiger partial charge on any atom is 0.257 e. The second-order valence-electron chi connectivity index (χ2n) is 6.27. The van der Waals surface area contributed by atoms with Gasteiger partial charge in [-0.15, -0.1) is 0 Å². The van der Waals surface area contributed by atoms with E-state index >= 15 is 0 Å². The van der Waals surface area contributed by atoms with E-state index in [1.165, 1.54) is 16.8 Å². The number of hydrogen-bond acceptors (Lipinski definition) is 3. The highest BCUT2D eigenvalue weighted by atomic mass is 16.5. The van der Waals surface area contributed by atoms with Crippen molar-refractivity contribution in [1.82, 2.24) is 4.90 Å². The van der Waals surface area contributed by atoms with Gasteiger partial charge in [0.1, 0.15) is 5.75 Å². The first-order chi connectivity index (χ1) is 11.6. The van der Waals surface area contributed by atoms with Gasteiger partial charge in [0.05, 0.1) is 12.7 Å². The Kier molecular flexibility index (Phi) is 4.74. The molecular weight excluding hydrogens is 300 g/mol. The van der Waals surface area contributed by atoms with Crippen LogP contribution in [0.2, 0.25) is 0 Å². The maximum absolute atomic E-state index is 12.8. The second-order valence-corrected chi connectivity index (χ2v) is 6.27. The lowest BCUT2D eigenvalue weighted by atomic mass is 10.1. The van der Waals surface area contributed by atoms with Gasteiger partial charge in [-0.2, -0.15) is 0 Å². The van der Waals surface area contributed by atoms with Crippen molar-refractivity contribution in [2.45, 2.75) is 13.8 Å². The van der Waals surface area contributed by atoms with Gasteiger partial charge >= 0.3 is 0 Å². The number of para-hydroxylation sites is 1. The molecule has 3 rings (SSSR count). The van der Waals surface area contributed by atoms with Crippen LogP contribution >= 0.6 is 0 Å². The molecule has 1 fully saturated rings. The van der Waals surface area contributed by atoms with Crippen LogP contribution in [-0.2, 0) is 0 Å². The summed E-state index contributed by atoms with van der Waals surface area (Å²) < 4.78 is 5.32. The van der Waals surface area contributed by atoms with Gasteiger partial charge in [-0.1, -0.05) is 29.8 Å². The number of methoxy groups -OCH3 is 1. The number of anilines is 1. The summed E-state index contributed by atoms with van der Waals surface area (Å²) in [5.74, 6) is 0.687. The molecule has 0 atom stereocenters. The Balaban J connectivity index is 1.69. The molecule has 1 saturated heterocycles. The highest BCUT2D eigenvalue weighted by molar-refractivity contribution is 5.97. The fourth-order valence-corrected chi connectivity index (χ4v) is 3.30. The van der Waals surface area contributed by atoms with Crippen LogP contribution < -0.4 is 9.64 Å². The Morgan fingerprint density at radius 1 is 1.00 bits per heavy atom. The van der Waals surface area contributed by atoms with E-state index in [-0.39, 0.29) is 5.91 Å². The SMILES string of the molecule is COc1ccccc1C(=O)N1CCN(c2ccc(C)cc2C)CC1. The number of aryl methyl sites for hydroxylation is 2. The average molecular weight is 324 g/mol. The van der Waals surface area contributed by atoms with E-state index in [0.717, 1.165) is 26.2 Å². The fraction of sp³-hybridized carbons (Fsp3) is 0.350. The molecule has 2 aromatic rings. The number of benzene rings is 2. The van der Waals surface area contributed by atoms with E-state index in [1.54, 1.807) is 7.11 Å². The highest BCUT2D eigenvalue weighted by Crippen LogP contribution is 2.24. The molecule has 1 aliphatic heterocycles. The molecule has 24 heavy (non-hydrogen) atoms. The zero-order valence-electron chi connectivity index (χ0n) is 14.6. The second kappa shape index (κ2) is 6.95. The summed E-state index contributed by atoms with van der Waals surface area (Å²) in [5, 5.41) is 0. The van der Waals surface area contributed by atoms with Crippen LogP contribution in [-0.4, -0.2) is 44.1 Å². The summed E-state index contributed by atoms with van der Waals surface area (Å²) in [6.45, 7) is 7.42. The molecule has 0 aliphatic carbocycles. The quantitative estimate of drug-likeness (QED) is 0.869. The van der Waals surface area contributed by atoms with Crippen LogP contribution in [0.15, 0.2) is 42.5 Å². The van der Waals surface area contributed by atoms with Crippen molar-refractivity contribution < 1.29 is 9.53 Å². The topological polar surface area (TPSA) is 32.8 Å². The summed E-state index contributed by atoms with van der Waals surface area (Å²) in [7, 11) is 1.60. The molecule has 0 aromatic heterocycles. The van der Waals surface area contributed by atoms with Gasteiger partial charge in [-0.25, -0.2) is 0 Å². The van der Waals surface area contributed by atoms with E-state index in [1.807, 2.05) is 29.2 Å². The van der Waals surface area contributed by atoms with Gasteiger partial charge in [-0.3, -0.25) is 4.79 Å². The fourth-order valence-electron chi connectivity index (χ4n) is 3.30. The van der Waals surface area contributed by atoms with Crippen LogP contribution in [0.4, 0.5) is 5.69 Å². The molecule has 4 nitrogen and oxygen atoms in total. The summed E-state index contributed by atoms with van der Waals surface area (Å²) >= 11 is 0. The lowest BCUT2D eigenvalue weighted by molar-refractivity contribution is 0.0743. The van der Waals surface area contributed by atoms with Crippen LogP contribution in [0.3, 0.4) is 0 Å². The van der Waals surface area contributed by atoms with Crippen LogP contribution in [0.5, 0.6) is 5.75 Å². The van der Waals surface area contributed by atoms with Gasteiger partial charge in [0.2, 0.25) is 0 Å². The van der Waals surface area contributed by atoms with Crippen molar-refractivity contribution >= 4 is 11.6 Å². The van der Waals surface area contributed by atoms with Gasteiger partial charge in [0.25, 0.3) is 5.91 Å². The van der Waals surface area contributed by atoms with Crippen LogP contribution in [0, 0.1) is 13.8 Å². The smallest absolute Gasteiger partial charge is 0.257 e. The summed E-state index contributed by atoms with van der Waals surface area (Å²) in [6, 6.07) is 14.0. The van der Waals surface area contributed by atoms with E-state index in [4.69, 9.17) is 4.74 Å². The van der Waals surface area contributed by atoms with Crippen molar-refractivity contribution in [2.24, 2.45) is 0 Å². The zero-order chi connectivity index (χ0) is 17.1. The van der Waals surface area contributed by atoms with Crippen molar-refractivity contribution in [1.29, 1.82) is 0 Å². The van der Waals surface area contributed by atoms with Crippen molar-refractivity contribution in [3.63, 3.8) is 0 Å². The molecule has 0 radical (unpaired) electrons. The Bertz CT molecular complexity index is 734. The van der Waals surface area contributed by atoms with Crippen molar-refractivity contribution in [2.75, 3.05) is 38.2 Å². The molecular formula is C20H24N2O2. The molecule has 0 saturated carbocycles. The minimum atomic E-state index is 0.0488. The van der Waals surface area contributed by atoms with E-state index in [0.29, 0.717) is 11.3 Å². The van der Waals surface area contributed by atoms with Crippen LogP contribution in [0.25, 0.3) is 0 Å². The van der Waals surface area contributed by atoms with Crippen molar-refractivity contribution in [3.05, 3.63) is 59.2 Å². The molecule has 126 valence electrons. The number of carbonyl (C=O) groups is 1. The third-order valence-electron chi connectivity index (χ3n) is 4.60. The summed E-state index contributed by atoms with van der Waals surface area (Å²) in [6.07, 6.45) is 0. The Labute approximate surface area is 143 Å². The number of carbonyl (C=O) groups excluding carboxylic acids is 1. The first-order valence-corrected chi connectivity index (χ1v) is 8.34. The van der Waals surface area contributed by atoms with Gasteiger partial charge in [-0.05, 0) is 37.6 Å². The number of hydrogen-bond donors (Lipinski definition) is 0. The van der Waals surface area contributed by atoms with E-state index < -0.39 is 0 Å². The zero-order valence-corrected chi connectivity index (χ0v) is 14.6. The molecule has 4 heteroatoms. The maximum atomic E-state index is 12.8. The highest BCUT2D eigenvalue weighted by Gasteiger charge is 2.24. The Morgan fingerprint density at radius 2 is 1.71 bits per heavy atom. The first-order valence-electron chi connectivity index (χ1n) is 8.34. The third kappa shape index (κ3) is 3.23. The number of ether oxygens (including phenoxy) is 1. The minimum Gasteiger partial charge on any atom is -0.496 e. The lowest BCUT2D eigenvalue weighted by Crippen LogP contribution is -2.49. The molecule has 0 unspecified atom stereocenters. The van der Waals surface area contributed by atoms with E-state index in [9.17, 15) is 4.79 Å². The number of nitrogens with zero attached hydrogens (tertiary/aromatic N) is 2. The minimum absolute atomic E-state index is 0.0488. The summed E-state index contributed by atoms with van der Waals surface area (Å²) in [5.41, 5.74) is 4.48. The number of piperazine rings is 1. The lowest BCUT2D eigenvalue weighted by Gasteiger charge is -2.37. The predicted octanol–water partition coefficient (Wildman–Crippen LogP) is 3.27. The molecule has 2 aromatic carbocycles. The monoisotopic (exact) mass is 324 g/mol. The van der Waals surface area contributed by atoms with Gasteiger partial charge in [0, 0.05) is 31.9 Å². The van der Waals surface area contributed by atoms with Crippen LogP contribution in [0.1, 0.15) is 21.5 Å². The molecule has 1 aliphatic rings. The first kappa shape index (κ1) is 16.4. The average Bonchev–Trinajstić information content (AvgIpc) is 2.61. The van der Waals surface area contributed by atoms with Gasteiger partial charge in [0.15, 0.2) is 0 Å². The van der Waals surface area contributed by atoms with E-state index in [2.05, 4.69) is 36.9 Å². The largest absolute Gasteiger partial charge is 0.496 e. The Hall–Kier alpha value is -2.49. The third-order valence-corrected chi connectivity index (χ3v) is 4.60. The van der Waals surface area contributed by atoms with Gasteiger partial charge < -0.3 is 14.5 Å². The molecule has 0 bridgehead atoms.